The van der Waals surface area contributed by atoms with Gasteiger partial charge in [-0.2, -0.15) is 0 Å². The Hall–Kier alpha value is -2.00. The highest BCUT2D eigenvalue weighted by Crippen LogP contribution is 2.54. The van der Waals surface area contributed by atoms with Crippen LogP contribution in [0.25, 0.3) is 10.9 Å². The van der Waals surface area contributed by atoms with Crippen molar-refractivity contribution in [3.8, 4) is 0 Å². The summed E-state index contributed by atoms with van der Waals surface area (Å²) in [6.45, 7) is 7.53. The van der Waals surface area contributed by atoms with Crippen molar-refractivity contribution in [3.63, 3.8) is 0 Å². The van der Waals surface area contributed by atoms with Crippen molar-refractivity contribution < 1.29 is 8.42 Å². The summed E-state index contributed by atoms with van der Waals surface area (Å²) in [6.07, 6.45) is 8.63. The first kappa shape index (κ1) is 20.9. The number of hydrogen-bond acceptors (Lipinski definition) is 7. The highest BCUT2D eigenvalue weighted by Gasteiger charge is 2.52. The van der Waals surface area contributed by atoms with E-state index in [1.807, 2.05) is 19.2 Å². The molecule has 0 amide bonds. The highest BCUT2D eigenvalue weighted by atomic mass is 32.2. The van der Waals surface area contributed by atoms with Crippen LogP contribution in [0.4, 0.5) is 11.8 Å². The largest absolute Gasteiger partial charge is 0.354 e. The predicted molar refractivity (Wildman–Crippen MR) is 123 cm³/mol. The molecule has 0 bridgehead atoms. The Balaban J connectivity index is 1.32. The molecule has 1 aliphatic carbocycles. The lowest BCUT2D eigenvalue weighted by molar-refractivity contribution is 0.0215. The molecule has 1 N–H and O–H groups in total. The van der Waals surface area contributed by atoms with Crippen molar-refractivity contribution >= 4 is 32.7 Å². The Labute approximate surface area is 184 Å². The Morgan fingerprint density at radius 2 is 1.90 bits per heavy atom. The monoisotopic (exact) mass is 444 g/mol. The zero-order valence-electron chi connectivity index (χ0n) is 18.6. The van der Waals surface area contributed by atoms with Crippen molar-refractivity contribution in [1.29, 1.82) is 0 Å². The van der Waals surface area contributed by atoms with Gasteiger partial charge in [0.2, 0.25) is 16.0 Å². The van der Waals surface area contributed by atoms with Crippen LogP contribution < -0.4 is 10.2 Å². The van der Waals surface area contributed by atoms with Crippen LogP contribution in [-0.4, -0.2) is 66.2 Å². The third-order valence-corrected chi connectivity index (χ3v) is 8.61. The Morgan fingerprint density at radius 3 is 2.55 bits per heavy atom. The SMILES string of the molecule is CCC1CC2(C1)CN(c1nc(C)cc3cnc(NC4CCN(S(C)(=O)=O)CC4)nc13)C2. The van der Waals surface area contributed by atoms with E-state index in [0.29, 0.717) is 24.5 Å². The molecule has 2 aromatic rings. The van der Waals surface area contributed by atoms with Crippen molar-refractivity contribution in [3.05, 3.63) is 18.0 Å². The number of pyridine rings is 1. The number of nitrogens with zero attached hydrogens (tertiary/aromatic N) is 5. The minimum Gasteiger partial charge on any atom is -0.354 e. The maximum Gasteiger partial charge on any atom is 0.223 e. The molecule has 9 heteroatoms. The standard InChI is InChI=1S/C22H32N6O2S/c1-4-16-10-22(11-16)13-27(14-22)20-19-17(9-15(2)24-20)12-23-21(26-19)25-18-5-7-28(8-6-18)31(3,29)30/h9,12,16,18H,4-8,10-11,13-14H2,1-3H3,(H,23,25,26). The van der Waals surface area contributed by atoms with Gasteiger partial charge >= 0.3 is 0 Å². The molecule has 2 aliphatic heterocycles. The highest BCUT2D eigenvalue weighted by molar-refractivity contribution is 7.88. The molecule has 5 rings (SSSR count). The second-order valence-corrected chi connectivity index (χ2v) is 11.8. The molecule has 0 aromatic carbocycles. The third-order valence-electron chi connectivity index (χ3n) is 7.30. The Morgan fingerprint density at radius 1 is 1.19 bits per heavy atom. The van der Waals surface area contributed by atoms with E-state index in [1.165, 1.54) is 25.5 Å². The zero-order valence-corrected chi connectivity index (χ0v) is 19.5. The predicted octanol–water partition coefficient (Wildman–Crippen LogP) is 2.80. The van der Waals surface area contributed by atoms with Gasteiger partial charge in [0.05, 0.1) is 6.26 Å². The first-order valence-corrected chi connectivity index (χ1v) is 13.2. The lowest BCUT2D eigenvalue weighted by Gasteiger charge is -2.59. The number of sulfonamides is 1. The Kier molecular flexibility index (Phi) is 5.08. The van der Waals surface area contributed by atoms with Crippen molar-refractivity contribution in [1.82, 2.24) is 19.3 Å². The molecule has 8 nitrogen and oxygen atoms in total. The van der Waals surface area contributed by atoms with E-state index in [-0.39, 0.29) is 6.04 Å². The van der Waals surface area contributed by atoms with Crippen molar-refractivity contribution in [2.45, 2.75) is 52.0 Å². The maximum absolute atomic E-state index is 11.7. The lowest BCUT2D eigenvalue weighted by atomic mass is 9.57. The molecule has 2 aromatic heterocycles. The molecular formula is C22H32N6O2S. The fourth-order valence-corrected chi connectivity index (χ4v) is 6.46. The van der Waals surface area contributed by atoms with Gasteiger partial charge in [-0.25, -0.2) is 27.7 Å². The second-order valence-electron chi connectivity index (χ2n) is 9.84. The van der Waals surface area contributed by atoms with Gasteiger partial charge in [0, 0.05) is 54.9 Å². The van der Waals surface area contributed by atoms with Crippen LogP contribution in [0.5, 0.6) is 0 Å². The van der Waals surface area contributed by atoms with Crippen LogP contribution in [-0.2, 0) is 10.0 Å². The molecule has 3 aliphatic rings. The number of anilines is 2. The number of rotatable bonds is 5. The molecule has 4 heterocycles. The van der Waals surface area contributed by atoms with Crippen LogP contribution in [0.15, 0.2) is 12.3 Å². The summed E-state index contributed by atoms with van der Waals surface area (Å²) >= 11 is 0. The van der Waals surface area contributed by atoms with E-state index in [4.69, 9.17) is 9.97 Å². The molecular weight excluding hydrogens is 412 g/mol. The van der Waals surface area contributed by atoms with Gasteiger partial charge in [-0.05, 0) is 44.6 Å². The van der Waals surface area contributed by atoms with Gasteiger partial charge in [0.15, 0.2) is 5.82 Å². The fraction of sp³-hybridized carbons (Fsp3) is 0.682. The van der Waals surface area contributed by atoms with E-state index in [1.54, 1.807) is 4.31 Å². The van der Waals surface area contributed by atoms with E-state index in [0.717, 1.165) is 54.3 Å². The molecule has 1 spiro atoms. The molecule has 0 atom stereocenters. The summed E-state index contributed by atoms with van der Waals surface area (Å²) < 4.78 is 25.0. The van der Waals surface area contributed by atoms with Crippen LogP contribution >= 0.6 is 0 Å². The minimum atomic E-state index is -3.12. The number of nitrogens with one attached hydrogen (secondary N) is 1. The minimum absolute atomic E-state index is 0.172. The van der Waals surface area contributed by atoms with Crippen LogP contribution in [0.1, 0.15) is 44.7 Å². The average molecular weight is 445 g/mol. The summed E-state index contributed by atoms with van der Waals surface area (Å²) in [4.78, 5) is 16.6. The molecule has 0 unspecified atom stereocenters. The van der Waals surface area contributed by atoms with E-state index in [9.17, 15) is 8.42 Å². The van der Waals surface area contributed by atoms with E-state index >= 15 is 0 Å². The topological polar surface area (TPSA) is 91.3 Å². The molecule has 0 radical (unpaired) electrons. The normalized spacial score (nSPS) is 22.5. The molecule has 1 saturated carbocycles. The zero-order chi connectivity index (χ0) is 21.8. The molecule has 168 valence electrons. The average Bonchev–Trinajstić information content (AvgIpc) is 2.66. The first-order chi connectivity index (χ1) is 14.7. The van der Waals surface area contributed by atoms with Crippen LogP contribution in [0.3, 0.4) is 0 Å². The first-order valence-electron chi connectivity index (χ1n) is 11.4. The number of hydrogen-bond donors (Lipinski definition) is 1. The van der Waals surface area contributed by atoms with Crippen molar-refractivity contribution in [2.75, 3.05) is 42.7 Å². The van der Waals surface area contributed by atoms with Crippen LogP contribution in [0, 0.1) is 18.3 Å². The summed E-state index contributed by atoms with van der Waals surface area (Å²) in [7, 11) is -3.12. The van der Waals surface area contributed by atoms with E-state index < -0.39 is 10.0 Å². The number of aryl methyl sites for hydroxylation is 1. The van der Waals surface area contributed by atoms with Gasteiger partial charge in [-0.15, -0.1) is 0 Å². The van der Waals surface area contributed by atoms with Crippen LogP contribution in [0.2, 0.25) is 0 Å². The number of piperidine rings is 1. The van der Waals surface area contributed by atoms with Gasteiger partial charge in [0.25, 0.3) is 0 Å². The molecule has 31 heavy (non-hydrogen) atoms. The van der Waals surface area contributed by atoms with Gasteiger partial charge in [-0.1, -0.05) is 13.3 Å². The summed E-state index contributed by atoms with van der Waals surface area (Å²) in [5, 5.41) is 4.44. The summed E-state index contributed by atoms with van der Waals surface area (Å²) in [5.74, 6) is 2.47. The lowest BCUT2D eigenvalue weighted by Crippen LogP contribution is -2.62. The summed E-state index contributed by atoms with van der Waals surface area (Å²) in [6, 6.07) is 2.21. The maximum atomic E-state index is 11.7. The molecule has 2 saturated heterocycles. The molecule has 3 fully saturated rings. The van der Waals surface area contributed by atoms with E-state index in [2.05, 4.69) is 22.1 Å². The van der Waals surface area contributed by atoms with Gasteiger partial charge < -0.3 is 10.2 Å². The van der Waals surface area contributed by atoms with Crippen molar-refractivity contribution in [2.24, 2.45) is 11.3 Å². The third kappa shape index (κ3) is 3.98. The number of fused-ring (bicyclic) bond motifs is 1. The smallest absolute Gasteiger partial charge is 0.223 e. The fourth-order valence-electron chi connectivity index (χ4n) is 5.58. The number of aromatic nitrogens is 3. The summed E-state index contributed by atoms with van der Waals surface area (Å²) in [5.41, 5.74) is 2.39. The second kappa shape index (κ2) is 7.55. The quantitative estimate of drug-likeness (QED) is 0.758. The van der Waals surface area contributed by atoms with Gasteiger partial charge in [0.1, 0.15) is 5.52 Å². The Bertz CT molecular complexity index is 1080. The van der Waals surface area contributed by atoms with Gasteiger partial charge in [-0.3, -0.25) is 0 Å².